The normalized spacial score (nSPS) is 10.8. The monoisotopic (exact) mass is 416 g/mol. The summed E-state index contributed by atoms with van der Waals surface area (Å²) in [6.07, 6.45) is 1.39. The molecule has 0 saturated carbocycles. The number of carbonyl (C=O) groups is 2. The number of esters is 1. The van der Waals surface area contributed by atoms with Crippen molar-refractivity contribution in [2.45, 2.75) is 26.7 Å². The van der Waals surface area contributed by atoms with Crippen LogP contribution in [0.25, 0.3) is 0 Å². The quantitative estimate of drug-likeness (QED) is 0.168. The smallest absolute Gasteiger partial charge is 0.343 e. The maximum atomic E-state index is 12.3. The van der Waals surface area contributed by atoms with Gasteiger partial charge in [-0.1, -0.05) is 13.8 Å². The first-order chi connectivity index (χ1) is 15.1. The highest BCUT2D eigenvalue weighted by molar-refractivity contribution is 5.96. The van der Waals surface area contributed by atoms with Gasteiger partial charge >= 0.3 is 5.97 Å². The largest absolute Gasteiger partial charge is 0.494 e. The van der Waals surface area contributed by atoms with Crippen molar-refractivity contribution < 1.29 is 19.1 Å². The Hall–Kier alpha value is -3.80. The van der Waals surface area contributed by atoms with E-state index >= 15 is 0 Å². The number of nitrogens with zero attached hydrogens (tertiary/aromatic N) is 2. The number of hydrogen-bond donors (Lipinski definition) is 0. The van der Waals surface area contributed by atoms with Crippen molar-refractivity contribution in [3.8, 4) is 11.5 Å². The van der Waals surface area contributed by atoms with Crippen molar-refractivity contribution in [2.75, 3.05) is 6.61 Å². The Morgan fingerprint density at radius 1 is 0.710 bits per heavy atom. The molecule has 6 heteroatoms. The van der Waals surface area contributed by atoms with Crippen molar-refractivity contribution >= 4 is 23.1 Å². The van der Waals surface area contributed by atoms with Crippen molar-refractivity contribution in [3.63, 3.8) is 0 Å². The first kappa shape index (κ1) is 21.9. The van der Waals surface area contributed by atoms with Gasteiger partial charge in [-0.25, -0.2) is 4.79 Å². The molecule has 0 aliphatic heterocycles. The van der Waals surface area contributed by atoms with E-state index in [0.29, 0.717) is 41.3 Å². The van der Waals surface area contributed by atoms with Crippen LogP contribution in [0.3, 0.4) is 0 Å². The first-order valence-electron chi connectivity index (χ1n) is 10.2. The van der Waals surface area contributed by atoms with Gasteiger partial charge in [0.15, 0.2) is 5.78 Å². The van der Waals surface area contributed by atoms with Crippen LogP contribution in [0.15, 0.2) is 83.0 Å². The van der Waals surface area contributed by atoms with Crippen LogP contribution in [0.5, 0.6) is 11.5 Å². The van der Waals surface area contributed by atoms with E-state index in [4.69, 9.17) is 9.47 Å². The molecule has 0 atom stereocenters. The zero-order chi connectivity index (χ0) is 22.1. The van der Waals surface area contributed by atoms with E-state index in [1.165, 1.54) is 0 Å². The van der Waals surface area contributed by atoms with E-state index in [9.17, 15) is 9.59 Å². The summed E-state index contributed by atoms with van der Waals surface area (Å²) in [7, 11) is 0. The Kier molecular flexibility index (Phi) is 7.65. The molecule has 0 fully saturated rings. The van der Waals surface area contributed by atoms with Crippen LogP contribution in [0.1, 0.15) is 47.4 Å². The van der Waals surface area contributed by atoms with Crippen LogP contribution in [-0.2, 0) is 0 Å². The highest BCUT2D eigenvalue weighted by atomic mass is 16.5. The minimum Gasteiger partial charge on any atom is -0.494 e. The third-order valence-corrected chi connectivity index (χ3v) is 4.40. The second-order valence-corrected chi connectivity index (χ2v) is 6.78. The van der Waals surface area contributed by atoms with Crippen LogP contribution in [0.2, 0.25) is 0 Å². The fourth-order valence-corrected chi connectivity index (χ4v) is 2.69. The summed E-state index contributed by atoms with van der Waals surface area (Å²) in [5.41, 5.74) is 2.37. The van der Waals surface area contributed by atoms with Gasteiger partial charge in [-0.3, -0.25) is 4.79 Å². The van der Waals surface area contributed by atoms with E-state index in [2.05, 4.69) is 10.2 Å². The van der Waals surface area contributed by atoms with E-state index in [0.717, 1.165) is 12.2 Å². The van der Waals surface area contributed by atoms with E-state index in [1.54, 1.807) is 72.8 Å². The molecule has 0 aromatic heterocycles. The van der Waals surface area contributed by atoms with Crippen molar-refractivity contribution in [1.82, 2.24) is 0 Å². The van der Waals surface area contributed by atoms with E-state index in [1.807, 2.05) is 13.8 Å². The van der Waals surface area contributed by atoms with Crippen molar-refractivity contribution in [3.05, 3.63) is 83.9 Å². The van der Waals surface area contributed by atoms with Gasteiger partial charge in [-0.2, -0.15) is 10.2 Å². The summed E-state index contributed by atoms with van der Waals surface area (Å²) in [6.45, 7) is 4.50. The Morgan fingerprint density at radius 3 is 1.77 bits per heavy atom. The molecule has 0 spiro atoms. The lowest BCUT2D eigenvalue weighted by molar-refractivity contribution is 0.0734. The summed E-state index contributed by atoms with van der Waals surface area (Å²) in [4.78, 5) is 24.0. The Morgan fingerprint density at radius 2 is 1.23 bits per heavy atom. The fourth-order valence-electron chi connectivity index (χ4n) is 2.69. The number of benzene rings is 3. The van der Waals surface area contributed by atoms with Gasteiger partial charge in [0, 0.05) is 12.0 Å². The Labute approximate surface area is 181 Å². The number of ketones is 1. The zero-order valence-electron chi connectivity index (χ0n) is 17.6. The van der Waals surface area contributed by atoms with Gasteiger partial charge in [0.2, 0.25) is 0 Å². The standard InChI is InChI=1S/C25H24N2O4/c1-3-17-30-22-13-7-19(8-14-22)25(29)31-23-15-11-21(12-16-23)27-26-20-9-5-18(6-10-20)24(28)4-2/h5-16H,3-4,17H2,1-2H3. The third kappa shape index (κ3) is 6.34. The molecule has 0 bridgehead atoms. The predicted octanol–water partition coefficient (Wildman–Crippen LogP) is 6.70. The number of Topliss-reactive ketones (excluding diaryl/α,β-unsaturated/α-hetero) is 1. The van der Waals surface area contributed by atoms with E-state index < -0.39 is 5.97 Å². The van der Waals surface area contributed by atoms with Gasteiger partial charge < -0.3 is 9.47 Å². The topological polar surface area (TPSA) is 77.3 Å². The molecular formula is C25H24N2O4. The molecule has 158 valence electrons. The molecule has 0 aliphatic rings. The number of rotatable bonds is 9. The number of hydrogen-bond acceptors (Lipinski definition) is 6. The molecule has 0 unspecified atom stereocenters. The molecule has 0 heterocycles. The predicted molar refractivity (Wildman–Crippen MR) is 119 cm³/mol. The molecule has 0 saturated heterocycles. The lowest BCUT2D eigenvalue weighted by atomic mass is 10.1. The molecule has 31 heavy (non-hydrogen) atoms. The summed E-state index contributed by atoms with van der Waals surface area (Å²) >= 11 is 0. The van der Waals surface area contributed by atoms with Gasteiger partial charge in [-0.15, -0.1) is 0 Å². The van der Waals surface area contributed by atoms with Crippen LogP contribution in [-0.4, -0.2) is 18.4 Å². The van der Waals surface area contributed by atoms with Crippen LogP contribution in [0.4, 0.5) is 11.4 Å². The van der Waals surface area contributed by atoms with Gasteiger partial charge in [-0.05, 0) is 79.2 Å². The van der Waals surface area contributed by atoms with Crippen LogP contribution < -0.4 is 9.47 Å². The summed E-state index contributed by atoms with van der Waals surface area (Å²) in [5, 5.41) is 8.33. The minimum absolute atomic E-state index is 0.0920. The van der Waals surface area contributed by atoms with Crippen LogP contribution >= 0.6 is 0 Å². The number of carbonyl (C=O) groups excluding carboxylic acids is 2. The molecule has 3 rings (SSSR count). The molecule has 3 aromatic carbocycles. The maximum absolute atomic E-state index is 12.3. The lowest BCUT2D eigenvalue weighted by Gasteiger charge is -2.07. The molecular weight excluding hydrogens is 392 g/mol. The molecule has 0 amide bonds. The van der Waals surface area contributed by atoms with Crippen molar-refractivity contribution in [2.24, 2.45) is 10.2 Å². The van der Waals surface area contributed by atoms with E-state index in [-0.39, 0.29) is 5.78 Å². The first-order valence-corrected chi connectivity index (χ1v) is 10.2. The molecule has 0 N–H and O–H groups in total. The van der Waals surface area contributed by atoms with Crippen LogP contribution in [0, 0.1) is 0 Å². The highest BCUT2D eigenvalue weighted by Crippen LogP contribution is 2.23. The second-order valence-electron chi connectivity index (χ2n) is 6.78. The third-order valence-electron chi connectivity index (χ3n) is 4.40. The second kappa shape index (κ2) is 10.8. The maximum Gasteiger partial charge on any atom is 0.343 e. The average Bonchev–Trinajstić information content (AvgIpc) is 2.82. The lowest BCUT2D eigenvalue weighted by Crippen LogP contribution is -2.08. The molecule has 3 aromatic rings. The summed E-state index contributed by atoms with van der Waals surface area (Å²) < 4.78 is 10.9. The number of azo groups is 1. The summed E-state index contributed by atoms with van der Waals surface area (Å²) in [5.74, 6) is 0.782. The molecule has 6 nitrogen and oxygen atoms in total. The van der Waals surface area contributed by atoms with Gasteiger partial charge in [0.05, 0.1) is 23.5 Å². The van der Waals surface area contributed by atoms with Gasteiger partial charge in [0.1, 0.15) is 11.5 Å². The zero-order valence-corrected chi connectivity index (χ0v) is 17.6. The Bertz CT molecular complexity index is 1040. The SMILES string of the molecule is CCCOc1ccc(C(=O)Oc2ccc(N=Nc3ccc(C(=O)CC)cc3)cc2)cc1. The minimum atomic E-state index is -0.446. The molecule has 0 radical (unpaired) electrons. The summed E-state index contributed by atoms with van der Waals surface area (Å²) in [6, 6.07) is 20.6. The highest BCUT2D eigenvalue weighted by Gasteiger charge is 2.09. The average molecular weight is 416 g/mol. The Balaban J connectivity index is 1.57. The van der Waals surface area contributed by atoms with Crippen molar-refractivity contribution in [1.29, 1.82) is 0 Å². The fraction of sp³-hybridized carbons (Fsp3) is 0.200. The van der Waals surface area contributed by atoms with Gasteiger partial charge in [0.25, 0.3) is 0 Å². The number of ether oxygens (including phenoxy) is 2. The molecule has 0 aliphatic carbocycles.